The smallest absolute Gasteiger partial charge is 0.184 e. The molecule has 4 saturated carbocycles. The van der Waals surface area contributed by atoms with Crippen molar-refractivity contribution in [1.29, 1.82) is 0 Å². The van der Waals surface area contributed by atoms with Crippen molar-refractivity contribution in [1.82, 2.24) is 0 Å². The first-order chi connectivity index (χ1) is 18.9. The van der Waals surface area contributed by atoms with E-state index in [2.05, 4.69) is 141 Å². The van der Waals surface area contributed by atoms with E-state index in [1.807, 2.05) is 5.57 Å². The van der Waals surface area contributed by atoms with Crippen LogP contribution in [-0.4, -0.2) is 66.2 Å². The Morgan fingerprint density at radius 2 is 1.00 bits per heavy atom. The van der Waals surface area contributed by atoms with E-state index in [1.54, 1.807) is 0 Å². The summed E-state index contributed by atoms with van der Waals surface area (Å²) >= 11 is 0. The number of hydrogen-bond acceptors (Lipinski definition) is 1. The molecular weight excluding hydrogens is 649 g/mol. The van der Waals surface area contributed by atoms with Gasteiger partial charge in [0, 0.05) is 30.4 Å². The first-order valence-corrected chi connectivity index (χ1v) is 47.5. The van der Waals surface area contributed by atoms with Crippen molar-refractivity contribution < 1.29 is 4.43 Å². The zero-order valence-corrected chi connectivity index (χ0v) is 40.5. The molecule has 248 valence electrons. The molecule has 0 radical (unpaired) electrons. The molecule has 4 bridgehead atoms. The lowest BCUT2D eigenvalue weighted by Gasteiger charge is -2.80. The molecule has 1 nitrogen and oxygen atoms in total. The summed E-state index contributed by atoms with van der Waals surface area (Å²) in [7, 11) is -13.2. The second-order valence-corrected chi connectivity index (χ2v) is 87.1. The van der Waals surface area contributed by atoms with Crippen LogP contribution in [0.1, 0.15) is 38.5 Å². The molecule has 9 heteroatoms. The monoisotopic (exact) mass is 722 g/mol. The van der Waals surface area contributed by atoms with E-state index in [0.717, 1.165) is 17.8 Å². The molecule has 0 amide bonds. The predicted octanol–water partition coefficient (Wildman–Crippen LogP) is 11.3. The molecule has 0 aromatic heterocycles. The highest BCUT2D eigenvalue weighted by molar-refractivity contribution is 7.77. The molecule has 0 aromatic rings. The van der Waals surface area contributed by atoms with Crippen LogP contribution in [0.25, 0.3) is 0 Å². The Hall–Kier alpha value is 1.18. The van der Waals surface area contributed by atoms with E-state index in [9.17, 15) is 0 Å². The van der Waals surface area contributed by atoms with Gasteiger partial charge in [0.25, 0.3) is 0 Å². The van der Waals surface area contributed by atoms with Crippen molar-refractivity contribution in [2.75, 3.05) is 0 Å². The van der Waals surface area contributed by atoms with E-state index in [4.69, 9.17) is 4.43 Å². The molecule has 4 aliphatic carbocycles. The van der Waals surface area contributed by atoms with Crippen LogP contribution in [-0.2, 0) is 4.43 Å². The molecule has 1 atom stereocenters. The number of rotatable bonds is 10. The molecule has 5 aliphatic rings. The lowest BCUT2D eigenvalue weighted by atomic mass is 9.47. The van der Waals surface area contributed by atoms with Gasteiger partial charge in [0.15, 0.2) is 8.32 Å². The molecule has 1 unspecified atom stereocenters. The second kappa shape index (κ2) is 10.6. The van der Waals surface area contributed by atoms with Crippen molar-refractivity contribution in [3.8, 4) is 0 Å². The Morgan fingerprint density at radius 3 is 1.30 bits per heavy atom. The summed E-state index contributed by atoms with van der Waals surface area (Å²) in [5.41, 5.74) is 5.18. The maximum absolute atomic E-state index is 8.44. The van der Waals surface area contributed by atoms with Gasteiger partial charge in [-0.15, -0.1) is 0 Å². The topological polar surface area (TPSA) is 9.23 Å². The first-order valence-electron chi connectivity index (χ1n) is 18.1. The molecule has 43 heavy (non-hydrogen) atoms. The van der Waals surface area contributed by atoms with Crippen molar-refractivity contribution in [2.24, 2.45) is 23.2 Å². The van der Waals surface area contributed by atoms with E-state index >= 15 is 0 Å². The third-order valence-electron chi connectivity index (χ3n) is 14.1. The van der Waals surface area contributed by atoms with E-state index in [-0.39, 0.29) is 5.22 Å². The van der Waals surface area contributed by atoms with E-state index in [1.165, 1.54) is 38.5 Å². The van der Waals surface area contributed by atoms with Crippen LogP contribution < -0.4 is 0 Å². The Morgan fingerprint density at radius 1 is 0.605 bits per heavy atom. The fourth-order valence-electron chi connectivity index (χ4n) is 11.5. The summed E-state index contributed by atoms with van der Waals surface area (Å²) in [6.45, 7) is 52.3. The zero-order valence-electron chi connectivity index (χ0n) is 32.5. The summed E-state index contributed by atoms with van der Waals surface area (Å²) in [5, 5.41) is 0.0646. The molecule has 1 heterocycles. The summed E-state index contributed by atoms with van der Waals surface area (Å²) in [6, 6.07) is 0. The maximum atomic E-state index is 8.44. The van der Waals surface area contributed by atoms with Gasteiger partial charge >= 0.3 is 0 Å². The van der Waals surface area contributed by atoms with Crippen LogP contribution in [0.4, 0.5) is 0 Å². The summed E-state index contributed by atoms with van der Waals surface area (Å²) in [4.78, 5) is 2.21. The fraction of sp³-hybridized carbons (Fsp3) is 0.882. The van der Waals surface area contributed by atoms with Crippen LogP contribution >= 0.6 is 0 Å². The lowest BCUT2D eigenvalue weighted by Crippen LogP contribution is -2.96. The maximum Gasteiger partial charge on any atom is 0.184 e. The average Bonchev–Trinajstić information content (AvgIpc) is 2.70. The quantitative estimate of drug-likeness (QED) is 0.204. The zero-order chi connectivity index (χ0) is 33.3. The summed E-state index contributed by atoms with van der Waals surface area (Å²) in [6.07, 6.45) is 12.0. The SMILES string of the molecule is C[Si](C)(C)OC1(C23CC4CC(CC(C4)C2)C3)C(/C=C/[Si](C)(C)[Si](C)(C)C)=C([Si](C)(C)[Si](C)(C)C)[Si]1([Si](C)(C)C)[Si](C)(C)C. The molecule has 0 aromatic carbocycles. The van der Waals surface area contributed by atoms with Gasteiger partial charge in [-0.05, 0) is 86.9 Å². The van der Waals surface area contributed by atoms with E-state index < -0.39 is 61.0 Å². The van der Waals surface area contributed by atoms with Gasteiger partial charge in [-0.3, -0.25) is 0 Å². The van der Waals surface area contributed by atoms with Crippen LogP contribution in [0.5, 0.6) is 0 Å². The first kappa shape index (κ1) is 37.0. The second-order valence-electron chi connectivity index (χ2n) is 22.3. The van der Waals surface area contributed by atoms with Crippen molar-refractivity contribution in [3.63, 3.8) is 0 Å². The minimum Gasteiger partial charge on any atom is -0.411 e. The summed E-state index contributed by atoms with van der Waals surface area (Å²) in [5.74, 6) is 2.90. The normalized spacial score (nSPS) is 33.9. The highest BCUT2D eigenvalue weighted by Crippen LogP contribution is 2.74. The summed E-state index contributed by atoms with van der Waals surface area (Å²) < 4.78 is 8.44. The minimum atomic E-state index is -2.06. The van der Waals surface area contributed by atoms with Crippen LogP contribution in [0, 0.1) is 23.2 Å². The lowest BCUT2D eigenvalue weighted by molar-refractivity contribution is -0.123. The third-order valence-corrected chi connectivity index (χ3v) is 92.8. The van der Waals surface area contributed by atoms with E-state index in [0.29, 0.717) is 5.41 Å². The molecule has 5 rings (SSSR count). The molecular formula is C34H74OSi8. The molecule has 1 aliphatic heterocycles. The molecule has 4 fully saturated rings. The van der Waals surface area contributed by atoms with Gasteiger partial charge < -0.3 is 4.43 Å². The van der Waals surface area contributed by atoms with Gasteiger partial charge in [0.2, 0.25) is 0 Å². The number of hydrogen-bond donors (Lipinski definition) is 0. The van der Waals surface area contributed by atoms with Gasteiger partial charge in [0.05, 0.1) is 20.4 Å². The molecule has 0 N–H and O–H groups in total. The highest BCUT2D eigenvalue weighted by Gasteiger charge is 2.84. The molecule has 0 saturated heterocycles. The third kappa shape index (κ3) is 5.42. The predicted molar refractivity (Wildman–Crippen MR) is 218 cm³/mol. The Bertz CT molecular complexity index is 1110. The largest absolute Gasteiger partial charge is 0.411 e. The van der Waals surface area contributed by atoms with Crippen LogP contribution in [0.3, 0.4) is 0 Å². The standard InChI is InChI=1S/C34H74OSi8/c1-36(2,3)35-34(33-25-28-22-29(26-33)24-30(23-28)27-33)31(20-21-41(16,17)37(4,5)6)32(42(18,19)38(7,8)9)43(34,39(10,11)12)40(13,14)15/h20-21,28-30H,22-27H2,1-19H3/b21-20+. The van der Waals surface area contributed by atoms with Gasteiger partial charge in [-0.25, -0.2) is 0 Å². The van der Waals surface area contributed by atoms with Crippen molar-refractivity contribution in [3.05, 3.63) is 22.2 Å². The minimum absolute atomic E-state index is 0.0646. The van der Waals surface area contributed by atoms with Gasteiger partial charge in [0.1, 0.15) is 7.11 Å². The fourth-order valence-corrected chi connectivity index (χ4v) is 95.9. The van der Waals surface area contributed by atoms with Gasteiger partial charge in [-0.2, -0.15) is 0 Å². The average molecular weight is 724 g/mol. The van der Waals surface area contributed by atoms with Crippen molar-refractivity contribution in [2.45, 2.75) is 168 Å². The van der Waals surface area contributed by atoms with Crippen LogP contribution in [0.2, 0.25) is 124 Å². The van der Waals surface area contributed by atoms with Gasteiger partial charge in [-0.1, -0.05) is 121 Å². The molecule has 0 spiro atoms. The van der Waals surface area contributed by atoms with Crippen molar-refractivity contribution >= 4 is 61.0 Å². The Kier molecular flexibility index (Phi) is 9.11. The highest BCUT2D eigenvalue weighted by atomic mass is 29.6. The Balaban J connectivity index is 2.26. The van der Waals surface area contributed by atoms with Crippen LogP contribution in [0.15, 0.2) is 22.2 Å². The Labute approximate surface area is 277 Å².